The van der Waals surface area contributed by atoms with E-state index in [4.69, 9.17) is 54.2 Å². The van der Waals surface area contributed by atoms with Crippen LogP contribution in [-0.2, 0) is 52.2 Å². The Morgan fingerprint density at radius 1 is 0.919 bits per heavy atom. The SMILES string of the molecule is CC[C@H]1OC(=O)[C@H](C)[C@@H](OC2C[C@](C)(OC)[C@@H](OC(=O)CCOCCNc3cc4c(=O)c(C(=O)OCCN5CCCCC5)cn(C5CC5)c4cc3Cl)[C@H](C)O2)[C@H](C)[C@@H](OC2O[C@H](C)C[C@H](N(C)C)[C@H]2O)[C@](C)(O)C[C@@H](C)CN(C)[C@H](C)[C@@H](O)[C@]1(C)O. The Hall–Kier alpha value is -3.59. The molecule has 23 heteroatoms. The van der Waals surface area contributed by atoms with E-state index in [1.54, 1.807) is 66.8 Å². The number of hydrogen-bond donors (Lipinski definition) is 5. The number of halogens is 1. The quantitative estimate of drug-likeness (QED) is 0.0586. The molecule has 0 radical (unpaired) electrons. The summed E-state index contributed by atoms with van der Waals surface area (Å²) in [7, 11) is 7.07. The average molecular weight is 1240 g/mol. The van der Waals surface area contributed by atoms with Crippen molar-refractivity contribution in [2.75, 3.05) is 86.1 Å². The van der Waals surface area contributed by atoms with Crippen LogP contribution in [0.2, 0.25) is 5.02 Å². The summed E-state index contributed by atoms with van der Waals surface area (Å²) in [5.74, 6) is -4.13. The molecule has 5 heterocycles. The molecule has 5 N–H and O–H groups in total. The normalized spacial score (nSPS) is 36.7. The van der Waals surface area contributed by atoms with Crippen LogP contribution < -0.4 is 10.7 Å². The third-order valence-electron chi connectivity index (χ3n) is 18.8. The molecule has 86 heavy (non-hydrogen) atoms. The van der Waals surface area contributed by atoms with Gasteiger partial charge < -0.3 is 82.7 Å². The molecule has 1 aromatic carbocycles. The van der Waals surface area contributed by atoms with Gasteiger partial charge in [-0.25, -0.2) is 4.79 Å². The number of cyclic esters (lactones) is 1. The van der Waals surface area contributed by atoms with Gasteiger partial charge in [0.05, 0.1) is 71.8 Å². The topological polar surface area (TPSA) is 259 Å². The first kappa shape index (κ1) is 69.9. The fraction of sp³-hybridized carbons (Fsp3) is 0.810. The number of nitrogens with zero attached hydrogens (tertiary/aromatic N) is 4. The molecule has 0 amide bonds. The van der Waals surface area contributed by atoms with Crippen LogP contribution in [0.15, 0.2) is 23.1 Å². The van der Waals surface area contributed by atoms with Crippen LogP contribution in [0.1, 0.15) is 150 Å². The van der Waals surface area contributed by atoms with Gasteiger partial charge in [-0.3, -0.25) is 19.3 Å². The highest BCUT2D eigenvalue weighted by molar-refractivity contribution is 6.34. The van der Waals surface area contributed by atoms with E-state index < -0.39 is 113 Å². The number of anilines is 1. The summed E-state index contributed by atoms with van der Waals surface area (Å²) in [4.78, 5) is 61.5. The molecule has 4 saturated heterocycles. The van der Waals surface area contributed by atoms with E-state index >= 15 is 0 Å². The highest BCUT2D eigenvalue weighted by atomic mass is 35.5. The number of aliphatic hydroxyl groups excluding tert-OH is 2. The Bertz CT molecular complexity index is 2630. The lowest BCUT2D eigenvalue weighted by molar-refractivity contribution is -0.318. The molecule has 2 unspecified atom stereocenters. The lowest BCUT2D eigenvalue weighted by Crippen LogP contribution is -2.61. The molecule has 488 valence electrons. The minimum atomic E-state index is -1.87. The number of nitrogens with one attached hydrogen (secondary N) is 1. The van der Waals surface area contributed by atoms with Crippen LogP contribution >= 0.6 is 11.6 Å². The number of rotatable bonds is 20. The standard InChI is InChI=1S/C63H102ClN5O17/c1-15-49-63(10,77)55(73)40(6)67(13)34-36(2)32-61(8,76)56(86-60-53(72)48(66(11)12)29-37(3)81-60)38(4)54(39(5)58(74)83-49)85-51-33-62(9,78-14)57(41(7)82-51)84-50(70)21-26-79-27-22-65-46-30-43-47(31-45(46)64)69(42-19-20-42)35-44(52(43)71)59(75)80-28-25-68-23-17-16-18-24-68/h30-31,35-42,48-49,51,53-57,60,65,72-73,76-77H,15-29,32-34H2,1-14H3/t36-,37-,38+,39-,40-,41+,48+,49-,51?,53-,54+,55-,56-,57+,60?,61-,62+,63-/m1/s1. The first-order valence-electron chi connectivity index (χ1n) is 31.4. The first-order valence-corrected chi connectivity index (χ1v) is 31.7. The van der Waals surface area contributed by atoms with Gasteiger partial charge in [0.15, 0.2) is 18.7 Å². The van der Waals surface area contributed by atoms with Crippen molar-refractivity contribution in [3.8, 4) is 0 Å². The number of ether oxygens (including phenoxy) is 9. The van der Waals surface area contributed by atoms with Gasteiger partial charge in [-0.1, -0.05) is 38.8 Å². The minimum Gasteiger partial charge on any atom is -0.461 e. The van der Waals surface area contributed by atoms with Gasteiger partial charge in [-0.15, -0.1) is 0 Å². The molecule has 5 aliphatic rings. The van der Waals surface area contributed by atoms with Gasteiger partial charge in [-0.2, -0.15) is 0 Å². The fourth-order valence-electron chi connectivity index (χ4n) is 13.5. The van der Waals surface area contributed by atoms with Gasteiger partial charge in [0.2, 0.25) is 5.43 Å². The maximum Gasteiger partial charge on any atom is 0.343 e. The van der Waals surface area contributed by atoms with Crippen LogP contribution in [0.3, 0.4) is 0 Å². The first-order chi connectivity index (χ1) is 40.5. The third-order valence-corrected chi connectivity index (χ3v) is 19.1. The number of methoxy groups -OCH3 is 1. The molecule has 0 bridgehead atoms. The largest absolute Gasteiger partial charge is 0.461 e. The van der Waals surface area contributed by atoms with E-state index in [1.807, 2.05) is 49.4 Å². The van der Waals surface area contributed by atoms with Gasteiger partial charge in [-0.05, 0) is 146 Å². The van der Waals surface area contributed by atoms with Crippen molar-refractivity contribution in [3.63, 3.8) is 0 Å². The maximum atomic E-state index is 14.7. The monoisotopic (exact) mass is 1240 g/mol. The molecule has 4 aliphatic heterocycles. The second-order valence-electron chi connectivity index (χ2n) is 26.3. The fourth-order valence-corrected chi connectivity index (χ4v) is 13.7. The molecular weight excluding hydrogens is 1130 g/mol. The average Bonchev–Trinajstić information content (AvgIpc) is 2.11. The van der Waals surface area contributed by atoms with Gasteiger partial charge in [0.1, 0.15) is 41.7 Å². The lowest BCUT2D eigenvalue weighted by Gasteiger charge is -2.49. The number of esters is 3. The number of piperidine rings is 1. The molecule has 18 atom stereocenters. The summed E-state index contributed by atoms with van der Waals surface area (Å²) in [5.41, 5.74) is -4.03. The number of likely N-dealkylation sites (tertiary alicyclic amines) is 1. The minimum absolute atomic E-state index is 0.0126. The molecule has 1 aliphatic carbocycles. The predicted octanol–water partition coefficient (Wildman–Crippen LogP) is 5.92. The van der Waals surface area contributed by atoms with E-state index in [1.165, 1.54) is 20.5 Å². The predicted molar refractivity (Wildman–Crippen MR) is 324 cm³/mol. The van der Waals surface area contributed by atoms with Crippen molar-refractivity contribution in [3.05, 3.63) is 39.1 Å². The number of carbonyl (C=O) groups is 3. The van der Waals surface area contributed by atoms with Crippen molar-refractivity contribution in [2.45, 2.75) is 230 Å². The summed E-state index contributed by atoms with van der Waals surface area (Å²) in [5, 5.41) is 52.3. The molecule has 1 saturated carbocycles. The van der Waals surface area contributed by atoms with E-state index in [2.05, 4.69) is 10.2 Å². The lowest BCUT2D eigenvalue weighted by atomic mass is 9.77. The zero-order valence-corrected chi connectivity index (χ0v) is 54.2. The number of aliphatic hydroxyl groups is 4. The molecule has 7 rings (SSSR count). The number of hydrogen-bond acceptors (Lipinski definition) is 21. The zero-order chi connectivity index (χ0) is 63.2. The molecular formula is C63H102ClN5O17. The van der Waals surface area contributed by atoms with E-state index in [0.717, 1.165) is 38.8 Å². The number of carbonyl (C=O) groups excluding carboxylic acids is 3. The van der Waals surface area contributed by atoms with Crippen molar-refractivity contribution in [1.29, 1.82) is 0 Å². The van der Waals surface area contributed by atoms with E-state index in [9.17, 15) is 39.6 Å². The summed E-state index contributed by atoms with van der Waals surface area (Å²) < 4.78 is 58.4. The number of likely N-dealkylation sites (N-methyl/N-ethyl adjacent to an activating group) is 2. The summed E-state index contributed by atoms with van der Waals surface area (Å²) in [6, 6.07) is 2.62. The Kier molecular flexibility index (Phi) is 24.4. The summed E-state index contributed by atoms with van der Waals surface area (Å²) in [6.45, 7) is 21.1. The third kappa shape index (κ3) is 16.9. The molecule has 22 nitrogen and oxygen atoms in total. The van der Waals surface area contributed by atoms with Crippen LogP contribution in [0, 0.1) is 17.8 Å². The van der Waals surface area contributed by atoms with Gasteiger partial charge >= 0.3 is 17.9 Å². The molecule has 2 aromatic rings. The van der Waals surface area contributed by atoms with E-state index in [0.29, 0.717) is 41.1 Å². The number of aromatic nitrogens is 1. The highest BCUT2D eigenvalue weighted by Gasteiger charge is 2.54. The zero-order valence-electron chi connectivity index (χ0n) is 53.5. The Labute approximate surface area is 513 Å². The number of pyridine rings is 1. The van der Waals surface area contributed by atoms with E-state index in [-0.39, 0.29) is 81.7 Å². The maximum absolute atomic E-state index is 14.7. The molecule has 0 spiro atoms. The Balaban J connectivity index is 1.02. The second-order valence-corrected chi connectivity index (χ2v) is 26.7. The Morgan fingerprint density at radius 2 is 1.62 bits per heavy atom. The summed E-state index contributed by atoms with van der Waals surface area (Å²) in [6.07, 6.45) is -2.50. The number of fused-ring (bicyclic) bond motifs is 1. The van der Waals surface area contributed by atoms with Gasteiger partial charge in [0, 0.05) is 68.8 Å². The van der Waals surface area contributed by atoms with Crippen molar-refractivity contribution in [1.82, 2.24) is 19.3 Å². The summed E-state index contributed by atoms with van der Waals surface area (Å²) >= 11 is 6.78. The molecule has 5 fully saturated rings. The highest BCUT2D eigenvalue weighted by Crippen LogP contribution is 2.42. The smallest absolute Gasteiger partial charge is 0.343 e. The van der Waals surface area contributed by atoms with Crippen LogP contribution in [0.4, 0.5) is 5.69 Å². The van der Waals surface area contributed by atoms with Crippen molar-refractivity contribution in [2.24, 2.45) is 17.8 Å². The van der Waals surface area contributed by atoms with Crippen LogP contribution in [0.25, 0.3) is 10.9 Å². The number of benzene rings is 1. The van der Waals surface area contributed by atoms with Crippen LogP contribution in [-0.4, -0.2) is 229 Å². The van der Waals surface area contributed by atoms with Crippen molar-refractivity contribution < 1.29 is 77.4 Å². The molecule has 1 aromatic heterocycles. The van der Waals surface area contributed by atoms with Crippen LogP contribution in [0.5, 0.6) is 0 Å². The van der Waals surface area contributed by atoms with Gasteiger partial charge in [0.25, 0.3) is 0 Å². The second kappa shape index (κ2) is 30.0. The van der Waals surface area contributed by atoms with Crippen molar-refractivity contribution >= 4 is 46.1 Å². The Morgan fingerprint density at radius 3 is 2.27 bits per heavy atom.